The van der Waals surface area contributed by atoms with Crippen molar-refractivity contribution in [3.63, 3.8) is 0 Å². The third kappa shape index (κ3) is 3.64. The summed E-state index contributed by atoms with van der Waals surface area (Å²) < 4.78 is 45.4. The molecule has 194 valence electrons. The summed E-state index contributed by atoms with van der Waals surface area (Å²) in [6.45, 7) is 0. The largest absolute Gasteiger partial charge is 0.416 e. The first kappa shape index (κ1) is 24.8. The van der Waals surface area contributed by atoms with E-state index in [2.05, 4.69) is 0 Å². The Kier molecular flexibility index (Phi) is 5.63. The van der Waals surface area contributed by atoms with E-state index in [9.17, 15) is 32.3 Å². The van der Waals surface area contributed by atoms with Crippen molar-refractivity contribution in [1.29, 1.82) is 5.26 Å². The zero-order chi connectivity index (χ0) is 27.5. The molecular formula is C25H19F3N6O4. The molecule has 0 radical (unpaired) electrons. The third-order valence-electron chi connectivity index (χ3n) is 6.92. The van der Waals surface area contributed by atoms with Crippen LogP contribution in [0.4, 0.5) is 13.2 Å². The Labute approximate surface area is 211 Å². The number of hydrogen-bond donors (Lipinski definition) is 1. The molecule has 10 nitrogen and oxygen atoms in total. The van der Waals surface area contributed by atoms with Crippen molar-refractivity contribution in [2.45, 2.75) is 25.1 Å². The number of alkyl halides is 3. The molecule has 1 aliphatic rings. The number of carbonyl (C=O) groups is 1. The van der Waals surface area contributed by atoms with Crippen molar-refractivity contribution < 1.29 is 18.0 Å². The van der Waals surface area contributed by atoms with Gasteiger partial charge in [0.1, 0.15) is 5.56 Å². The van der Waals surface area contributed by atoms with E-state index in [1.807, 2.05) is 5.32 Å². The highest BCUT2D eigenvalue weighted by molar-refractivity contribution is 5.94. The molecule has 0 fully saturated rings. The van der Waals surface area contributed by atoms with Gasteiger partial charge in [0.2, 0.25) is 0 Å². The van der Waals surface area contributed by atoms with Crippen LogP contribution in [0.15, 0.2) is 57.0 Å². The topological polar surface area (TPSA) is 124 Å². The minimum absolute atomic E-state index is 0.0181. The van der Waals surface area contributed by atoms with Gasteiger partial charge in [0, 0.05) is 20.3 Å². The van der Waals surface area contributed by atoms with Crippen LogP contribution in [0, 0.1) is 11.5 Å². The Morgan fingerprint density at radius 1 is 1.05 bits per heavy atom. The highest BCUT2D eigenvalue weighted by Crippen LogP contribution is 2.41. The van der Waals surface area contributed by atoms with E-state index >= 15 is 0 Å². The maximum absolute atomic E-state index is 13.7. The number of benzene rings is 2. The lowest BCUT2D eigenvalue weighted by Crippen LogP contribution is -2.45. The Hall–Kier alpha value is -4.86. The van der Waals surface area contributed by atoms with E-state index in [0.29, 0.717) is 11.0 Å². The summed E-state index contributed by atoms with van der Waals surface area (Å²) in [6, 6.07) is 7.11. The predicted molar refractivity (Wildman–Crippen MR) is 129 cm³/mol. The molecule has 2 aromatic heterocycles. The quantitative estimate of drug-likeness (QED) is 0.324. The molecular weight excluding hydrogens is 505 g/mol. The summed E-state index contributed by atoms with van der Waals surface area (Å²) >= 11 is 0. The van der Waals surface area contributed by atoms with E-state index < -0.39 is 40.5 Å². The molecule has 1 atom stereocenters. The van der Waals surface area contributed by atoms with Gasteiger partial charge in [-0.1, -0.05) is 12.1 Å². The SMILES string of the molecule is Cn1c(=O)n(C)c2cc(-n3cc(C(=O)NC#N)c(=O)n(C4CCc5c4cccc5C(F)(F)F)c3=O)ccc21. The van der Waals surface area contributed by atoms with Gasteiger partial charge in [-0.15, -0.1) is 0 Å². The van der Waals surface area contributed by atoms with Crippen molar-refractivity contribution in [2.75, 3.05) is 0 Å². The minimum Gasteiger partial charge on any atom is -0.295 e. The molecule has 1 N–H and O–H groups in total. The van der Waals surface area contributed by atoms with Crippen LogP contribution >= 0.6 is 0 Å². The molecule has 0 spiro atoms. The molecule has 38 heavy (non-hydrogen) atoms. The van der Waals surface area contributed by atoms with Gasteiger partial charge in [-0.05, 0) is 48.2 Å². The lowest BCUT2D eigenvalue weighted by molar-refractivity contribution is -0.138. The molecule has 0 aliphatic heterocycles. The van der Waals surface area contributed by atoms with Gasteiger partial charge < -0.3 is 0 Å². The number of fused-ring (bicyclic) bond motifs is 2. The van der Waals surface area contributed by atoms with Gasteiger partial charge in [-0.3, -0.25) is 33.2 Å². The number of rotatable bonds is 3. The van der Waals surface area contributed by atoms with Crippen LogP contribution in [0.5, 0.6) is 0 Å². The first-order valence-corrected chi connectivity index (χ1v) is 11.4. The average Bonchev–Trinajstić information content (AvgIpc) is 3.38. The first-order chi connectivity index (χ1) is 18.0. The van der Waals surface area contributed by atoms with Gasteiger partial charge >= 0.3 is 17.6 Å². The van der Waals surface area contributed by atoms with E-state index in [1.165, 1.54) is 46.6 Å². The number of imidazole rings is 1. The second-order valence-corrected chi connectivity index (χ2v) is 8.94. The molecule has 13 heteroatoms. The number of aryl methyl sites for hydroxylation is 2. The minimum atomic E-state index is -4.62. The maximum atomic E-state index is 13.7. The second kappa shape index (κ2) is 8.62. The fourth-order valence-corrected chi connectivity index (χ4v) is 5.12. The summed E-state index contributed by atoms with van der Waals surface area (Å²) in [5.41, 5.74) is -2.27. The van der Waals surface area contributed by atoms with Crippen LogP contribution in [0.3, 0.4) is 0 Å². The van der Waals surface area contributed by atoms with Crippen molar-refractivity contribution in [3.05, 3.63) is 96.2 Å². The average molecular weight is 524 g/mol. The van der Waals surface area contributed by atoms with Crippen LogP contribution in [-0.2, 0) is 26.7 Å². The lowest BCUT2D eigenvalue weighted by atomic mass is 10.0. The van der Waals surface area contributed by atoms with Gasteiger partial charge in [0.05, 0.1) is 28.3 Å². The number of hydrogen-bond acceptors (Lipinski definition) is 5. The molecule has 2 heterocycles. The van der Waals surface area contributed by atoms with E-state index in [4.69, 9.17) is 5.26 Å². The molecule has 1 unspecified atom stereocenters. The molecule has 1 aliphatic carbocycles. The molecule has 5 rings (SSSR count). The molecule has 2 aromatic carbocycles. The molecule has 0 bridgehead atoms. The van der Waals surface area contributed by atoms with Crippen molar-refractivity contribution in [1.82, 2.24) is 23.6 Å². The van der Waals surface area contributed by atoms with Crippen molar-refractivity contribution in [2.24, 2.45) is 14.1 Å². The van der Waals surface area contributed by atoms with Crippen molar-refractivity contribution in [3.8, 4) is 11.9 Å². The Morgan fingerprint density at radius 3 is 2.45 bits per heavy atom. The smallest absolute Gasteiger partial charge is 0.295 e. The maximum Gasteiger partial charge on any atom is 0.416 e. The number of nitriles is 1. The summed E-state index contributed by atoms with van der Waals surface area (Å²) in [5.74, 6) is -1.07. The fourth-order valence-electron chi connectivity index (χ4n) is 5.12. The van der Waals surface area contributed by atoms with Crippen LogP contribution in [0.2, 0.25) is 0 Å². The lowest BCUT2D eigenvalue weighted by Gasteiger charge is -2.19. The van der Waals surface area contributed by atoms with Gasteiger partial charge in [0.25, 0.3) is 11.5 Å². The summed E-state index contributed by atoms with van der Waals surface area (Å²) in [5, 5.41) is 10.8. The number of nitrogens with one attached hydrogen (secondary N) is 1. The van der Waals surface area contributed by atoms with Gasteiger partial charge in [0.15, 0.2) is 6.19 Å². The number of halogens is 3. The first-order valence-electron chi connectivity index (χ1n) is 11.4. The fraction of sp³-hybridized carbons (Fsp3) is 0.240. The Balaban J connectivity index is 1.79. The zero-order valence-electron chi connectivity index (χ0n) is 20.0. The summed E-state index contributed by atoms with van der Waals surface area (Å²) in [7, 11) is 3.12. The standard InChI is InChI=1S/C25H19F3N6O4/c1-31-19-8-6-13(10-20(19)32(2)23(31)37)33-11-16(21(35)30-12-29)22(36)34(24(33)38)18-9-7-14-15(18)4-3-5-17(14)25(26,27)28/h3-6,8,10-11,18H,7,9H2,1-2H3,(H,30,35). The predicted octanol–water partition coefficient (Wildman–Crippen LogP) is 1.95. The summed E-state index contributed by atoms with van der Waals surface area (Å²) in [4.78, 5) is 52.1. The number of nitrogens with zero attached hydrogens (tertiary/aromatic N) is 5. The van der Waals surface area contributed by atoms with E-state index in [1.54, 1.807) is 13.1 Å². The number of amides is 1. The van der Waals surface area contributed by atoms with Crippen LogP contribution in [0.1, 0.15) is 39.5 Å². The van der Waals surface area contributed by atoms with E-state index in [-0.39, 0.29) is 35.3 Å². The molecule has 1 amide bonds. The molecule has 4 aromatic rings. The third-order valence-corrected chi connectivity index (χ3v) is 6.92. The number of carbonyl (C=O) groups excluding carboxylic acids is 1. The van der Waals surface area contributed by atoms with Gasteiger partial charge in [-0.2, -0.15) is 18.4 Å². The number of aromatic nitrogens is 4. The van der Waals surface area contributed by atoms with E-state index in [0.717, 1.165) is 21.4 Å². The zero-order valence-corrected chi connectivity index (χ0v) is 20.0. The second-order valence-electron chi connectivity index (χ2n) is 8.94. The van der Waals surface area contributed by atoms with Crippen LogP contribution in [0.25, 0.3) is 16.7 Å². The molecule has 0 saturated carbocycles. The normalized spacial score (nSPS) is 14.9. The van der Waals surface area contributed by atoms with Crippen LogP contribution in [-0.4, -0.2) is 24.2 Å². The monoisotopic (exact) mass is 524 g/mol. The van der Waals surface area contributed by atoms with Crippen LogP contribution < -0.4 is 22.3 Å². The molecule has 0 saturated heterocycles. The van der Waals surface area contributed by atoms with Crippen molar-refractivity contribution >= 4 is 16.9 Å². The highest BCUT2D eigenvalue weighted by Gasteiger charge is 2.38. The summed E-state index contributed by atoms with van der Waals surface area (Å²) in [6.07, 6.45) is -2.22. The van der Waals surface area contributed by atoms with Gasteiger partial charge in [-0.25, -0.2) is 9.59 Å². The Bertz CT molecular complexity index is 1870. The highest BCUT2D eigenvalue weighted by atomic mass is 19.4. The Morgan fingerprint density at radius 2 is 1.76 bits per heavy atom.